The van der Waals surface area contributed by atoms with Crippen LogP contribution in [0.5, 0.6) is 0 Å². The number of amides is 1. The van der Waals surface area contributed by atoms with Crippen LogP contribution in [0.4, 0.5) is 35.5 Å². The zero-order chi connectivity index (χ0) is 25.5. The van der Waals surface area contributed by atoms with E-state index in [0.717, 1.165) is 12.1 Å². The third-order valence-electron chi connectivity index (χ3n) is 5.45. The first-order chi connectivity index (χ1) is 16.3. The topological polar surface area (TPSA) is 108 Å². The van der Waals surface area contributed by atoms with E-state index >= 15 is 0 Å². The monoisotopic (exact) mass is 511 g/mol. The number of nitrogens with zero attached hydrogens (tertiary/aromatic N) is 5. The third-order valence-corrected chi connectivity index (χ3v) is 5.67. The molecule has 1 saturated heterocycles. The fourth-order valence-electron chi connectivity index (χ4n) is 3.95. The average Bonchev–Trinajstić information content (AvgIpc) is 3.32. The number of nitrogens with one attached hydrogen (secondary N) is 2. The summed E-state index contributed by atoms with van der Waals surface area (Å²) in [4.78, 5) is 26.1. The summed E-state index contributed by atoms with van der Waals surface area (Å²) < 4.78 is 41.6. The van der Waals surface area contributed by atoms with Crippen molar-refractivity contribution in [2.75, 3.05) is 23.7 Å². The van der Waals surface area contributed by atoms with Gasteiger partial charge in [-0.05, 0) is 51.3 Å². The molecule has 9 nitrogen and oxygen atoms in total. The van der Waals surface area contributed by atoms with Crippen molar-refractivity contribution in [3.63, 3.8) is 0 Å². The molecule has 2 aromatic heterocycles. The van der Waals surface area contributed by atoms with E-state index in [1.54, 1.807) is 4.57 Å². The van der Waals surface area contributed by atoms with E-state index < -0.39 is 17.8 Å². The van der Waals surface area contributed by atoms with Crippen molar-refractivity contribution in [1.29, 1.82) is 0 Å². The molecule has 0 aliphatic carbocycles. The van der Waals surface area contributed by atoms with E-state index in [2.05, 4.69) is 25.6 Å². The Morgan fingerprint density at radius 2 is 1.97 bits per heavy atom. The molecule has 35 heavy (non-hydrogen) atoms. The lowest BCUT2D eigenvalue weighted by molar-refractivity contribution is -0.137. The molecule has 1 aromatic carbocycles. The van der Waals surface area contributed by atoms with Gasteiger partial charge in [0.1, 0.15) is 5.52 Å². The Hall–Kier alpha value is -3.28. The standard InChI is InChI=1S/C22H25ClF3N7O2/c1-21(2,3)31-18-27-9-16-17(30-18)33(11-12-4-5-32(10-12)20(34)35)19(29-16)28-15-7-13(22(24,25)26)6-14(23)8-15/h6-9,12H,4-5,10-11H2,1-3H3,(H,28,29)(H,34,35)(H,27,30,31). The molecule has 1 unspecified atom stereocenters. The number of carbonyl (C=O) groups is 1. The molecule has 0 radical (unpaired) electrons. The number of likely N-dealkylation sites (tertiary alicyclic amines) is 1. The molecule has 4 rings (SSSR count). The summed E-state index contributed by atoms with van der Waals surface area (Å²) in [6.45, 7) is 6.98. The third kappa shape index (κ3) is 5.87. The van der Waals surface area contributed by atoms with Crippen molar-refractivity contribution in [2.45, 2.75) is 45.5 Å². The van der Waals surface area contributed by atoms with Gasteiger partial charge >= 0.3 is 12.3 Å². The maximum absolute atomic E-state index is 13.3. The molecule has 0 bridgehead atoms. The number of rotatable bonds is 5. The summed E-state index contributed by atoms with van der Waals surface area (Å²) in [6.07, 6.45) is -3.38. The molecule has 1 aliphatic rings. The molecule has 13 heteroatoms. The van der Waals surface area contributed by atoms with Crippen LogP contribution in [0.1, 0.15) is 32.8 Å². The van der Waals surface area contributed by atoms with Gasteiger partial charge in [-0.2, -0.15) is 18.2 Å². The van der Waals surface area contributed by atoms with Crippen LogP contribution in [0, 0.1) is 5.92 Å². The molecule has 188 valence electrons. The number of imidazole rings is 1. The number of hydrogen-bond acceptors (Lipinski definition) is 6. The van der Waals surface area contributed by atoms with E-state index in [9.17, 15) is 23.1 Å². The van der Waals surface area contributed by atoms with E-state index in [1.807, 2.05) is 20.8 Å². The summed E-state index contributed by atoms with van der Waals surface area (Å²) in [5, 5.41) is 15.4. The van der Waals surface area contributed by atoms with Gasteiger partial charge in [-0.25, -0.2) is 14.8 Å². The smallest absolute Gasteiger partial charge is 0.416 e. The minimum atomic E-state index is -4.56. The molecule has 1 aliphatic heterocycles. The SMILES string of the molecule is CC(C)(C)Nc1ncc2nc(Nc3cc(Cl)cc(C(F)(F)F)c3)n(CC3CCN(C(=O)O)C3)c2n1. The summed E-state index contributed by atoms with van der Waals surface area (Å²) >= 11 is 5.95. The highest BCUT2D eigenvalue weighted by atomic mass is 35.5. The minimum Gasteiger partial charge on any atom is -0.465 e. The quantitative estimate of drug-likeness (QED) is 0.418. The van der Waals surface area contributed by atoms with Gasteiger partial charge in [0.15, 0.2) is 5.65 Å². The van der Waals surface area contributed by atoms with Crippen LogP contribution in [-0.4, -0.2) is 54.2 Å². The molecular formula is C22H25ClF3N7O2. The number of fused-ring (bicyclic) bond motifs is 1. The van der Waals surface area contributed by atoms with Crippen LogP contribution < -0.4 is 10.6 Å². The lowest BCUT2D eigenvalue weighted by Gasteiger charge is -2.20. The first-order valence-electron chi connectivity index (χ1n) is 10.9. The van der Waals surface area contributed by atoms with Crippen LogP contribution in [0.3, 0.4) is 0 Å². The number of hydrogen-bond donors (Lipinski definition) is 3. The Labute approximate surface area is 204 Å². The molecule has 3 aromatic rings. The second-order valence-corrected chi connectivity index (χ2v) is 9.99. The van der Waals surface area contributed by atoms with Crippen LogP contribution in [-0.2, 0) is 12.7 Å². The summed E-state index contributed by atoms with van der Waals surface area (Å²) in [6, 6.07) is 3.18. The highest BCUT2D eigenvalue weighted by Gasteiger charge is 2.32. The van der Waals surface area contributed by atoms with Crippen molar-refractivity contribution >= 4 is 46.4 Å². The Morgan fingerprint density at radius 1 is 1.23 bits per heavy atom. The number of benzene rings is 1. The van der Waals surface area contributed by atoms with Crippen molar-refractivity contribution in [3.05, 3.63) is 35.0 Å². The summed E-state index contributed by atoms with van der Waals surface area (Å²) in [5.74, 6) is 0.605. The minimum absolute atomic E-state index is 0.0249. The van der Waals surface area contributed by atoms with Crippen LogP contribution in [0.15, 0.2) is 24.4 Å². The summed E-state index contributed by atoms with van der Waals surface area (Å²) in [7, 11) is 0. The van der Waals surface area contributed by atoms with Crippen molar-refractivity contribution in [3.8, 4) is 0 Å². The molecule has 1 amide bonds. The zero-order valence-corrected chi connectivity index (χ0v) is 20.1. The molecule has 0 saturated carbocycles. The van der Waals surface area contributed by atoms with Gasteiger partial charge in [0.25, 0.3) is 0 Å². The molecule has 1 fully saturated rings. The van der Waals surface area contributed by atoms with Crippen LogP contribution in [0.2, 0.25) is 5.02 Å². The fourth-order valence-corrected chi connectivity index (χ4v) is 4.19. The van der Waals surface area contributed by atoms with Gasteiger partial charge in [-0.3, -0.25) is 4.57 Å². The Kier molecular flexibility index (Phi) is 6.43. The van der Waals surface area contributed by atoms with E-state index in [-0.39, 0.29) is 28.1 Å². The first kappa shape index (κ1) is 24.8. The molecule has 0 spiro atoms. The summed E-state index contributed by atoms with van der Waals surface area (Å²) in [5.41, 5.74) is -0.165. The largest absolute Gasteiger partial charge is 0.465 e. The lowest BCUT2D eigenvalue weighted by Crippen LogP contribution is -2.28. The Morgan fingerprint density at radius 3 is 2.60 bits per heavy atom. The number of halogens is 4. The maximum Gasteiger partial charge on any atom is 0.416 e. The average molecular weight is 512 g/mol. The van der Waals surface area contributed by atoms with E-state index in [4.69, 9.17) is 11.6 Å². The second kappa shape index (κ2) is 9.06. The highest BCUT2D eigenvalue weighted by Crippen LogP contribution is 2.34. The van der Waals surface area contributed by atoms with Crippen molar-refractivity contribution in [1.82, 2.24) is 24.4 Å². The fraction of sp³-hybridized carbons (Fsp3) is 0.455. The Balaban J connectivity index is 1.74. The number of carboxylic acid groups (broad SMARTS) is 1. The molecule has 1 atom stereocenters. The molecule has 3 N–H and O–H groups in total. The van der Waals surface area contributed by atoms with Gasteiger partial charge < -0.3 is 20.6 Å². The predicted molar refractivity (Wildman–Crippen MR) is 126 cm³/mol. The van der Waals surface area contributed by atoms with E-state index in [0.29, 0.717) is 43.2 Å². The molecule has 3 heterocycles. The number of alkyl halides is 3. The first-order valence-corrected chi connectivity index (χ1v) is 11.3. The zero-order valence-electron chi connectivity index (χ0n) is 19.3. The van der Waals surface area contributed by atoms with Crippen molar-refractivity contribution < 1.29 is 23.1 Å². The van der Waals surface area contributed by atoms with Gasteiger partial charge in [-0.1, -0.05) is 11.6 Å². The number of anilines is 3. The van der Waals surface area contributed by atoms with E-state index in [1.165, 1.54) is 17.2 Å². The van der Waals surface area contributed by atoms with Crippen LogP contribution >= 0.6 is 11.6 Å². The highest BCUT2D eigenvalue weighted by molar-refractivity contribution is 6.31. The van der Waals surface area contributed by atoms with Gasteiger partial charge in [0.05, 0.1) is 11.8 Å². The van der Waals surface area contributed by atoms with Crippen molar-refractivity contribution in [2.24, 2.45) is 5.92 Å². The van der Waals surface area contributed by atoms with Gasteiger partial charge in [0.2, 0.25) is 11.9 Å². The predicted octanol–water partition coefficient (Wildman–Crippen LogP) is 5.45. The van der Waals surface area contributed by atoms with Crippen LogP contribution in [0.25, 0.3) is 11.2 Å². The normalized spacial score (nSPS) is 16.7. The maximum atomic E-state index is 13.3. The van der Waals surface area contributed by atoms with Gasteiger partial charge in [-0.15, -0.1) is 0 Å². The second-order valence-electron chi connectivity index (χ2n) is 9.56. The lowest BCUT2D eigenvalue weighted by atomic mass is 10.1. The number of aromatic nitrogens is 4. The molecular weight excluding hydrogens is 487 g/mol. The van der Waals surface area contributed by atoms with Gasteiger partial charge in [0, 0.05) is 35.9 Å². The Bertz CT molecular complexity index is 1260.